The van der Waals surface area contributed by atoms with Crippen LogP contribution >= 0.6 is 11.3 Å². The number of likely N-dealkylation sites (tertiary alicyclic amines) is 1. The molecule has 2 aromatic carbocycles. The Balaban J connectivity index is 1.26. The Morgan fingerprint density at radius 1 is 1.23 bits per heavy atom. The van der Waals surface area contributed by atoms with Gasteiger partial charge >= 0.3 is 0 Å². The van der Waals surface area contributed by atoms with E-state index in [4.69, 9.17) is 9.15 Å². The van der Waals surface area contributed by atoms with Gasteiger partial charge in [0.2, 0.25) is 0 Å². The van der Waals surface area contributed by atoms with Gasteiger partial charge in [-0.05, 0) is 30.7 Å². The zero-order valence-corrected chi connectivity index (χ0v) is 15.0. The van der Waals surface area contributed by atoms with Crippen LogP contribution in [0.1, 0.15) is 16.1 Å². The number of aromatic nitrogens is 1. The van der Waals surface area contributed by atoms with Gasteiger partial charge in [0.1, 0.15) is 11.7 Å². The normalized spacial score (nSPS) is 14.7. The monoisotopic (exact) mass is 364 g/mol. The van der Waals surface area contributed by atoms with Gasteiger partial charge in [0, 0.05) is 5.39 Å². The quantitative estimate of drug-likeness (QED) is 0.545. The van der Waals surface area contributed by atoms with Gasteiger partial charge in [-0.25, -0.2) is 4.98 Å². The molecule has 1 aliphatic heterocycles. The molecule has 0 aliphatic carbocycles. The Kier molecular flexibility index (Phi) is 3.46. The van der Waals surface area contributed by atoms with Crippen molar-refractivity contribution in [3.05, 3.63) is 59.9 Å². The average molecular weight is 364 g/mol. The number of carbonyl (C=O) groups excluding carboxylic acids is 1. The molecule has 6 heteroatoms. The van der Waals surface area contributed by atoms with E-state index in [1.165, 1.54) is 0 Å². The smallest absolute Gasteiger partial charge is 0.289 e. The van der Waals surface area contributed by atoms with Gasteiger partial charge in [-0.2, -0.15) is 0 Å². The summed E-state index contributed by atoms with van der Waals surface area (Å²) in [5.74, 6) is 0.279. The van der Waals surface area contributed by atoms with Gasteiger partial charge in [-0.3, -0.25) is 4.79 Å². The minimum Gasteiger partial charge on any atom is -0.463 e. The summed E-state index contributed by atoms with van der Waals surface area (Å²) in [5, 5.41) is 1.60. The van der Waals surface area contributed by atoms with E-state index in [1.54, 1.807) is 22.3 Å². The molecular weight excluding hydrogens is 348 g/mol. The van der Waals surface area contributed by atoms with Crippen LogP contribution in [0.2, 0.25) is 0 Å². The van der Waals surface area contributed by atoms with Crippen molar-refractivity contribution < 1.29 is 13.9 Å². The summed E-state index contributed by atoms with van der Waals surface area (Å²) in [6, 6.07) is 15.5. The van der Waals surface area contributed by atoms with E-state index < -0.39 is 0 Å². The minimum atomic E-state index is -0.0961. The van der Waals surface area contributed by atoms with Crippen LogP contribution in [0.25, 0.3) is 21.2 Å². The molecule has 4 aromatic rings. The van der Waals surface area contributed by atoms with Crippen LogP contribution < -0.4 is 4.74 Å². The molecule has 130 valence electrons. The number of benzene rings is 2. The van der Waals surface area contributed by atoms with Gasteiger partial charge in [0.05, 0.1) is 23.3 Å². The second-order valence-electron chi connectivity index (χ2n) is 6.50. The molecule has 1 aliphatic rings. The highest BCUT2D eigenvalue weighted by Crippen LogP contribution is 2.31. The number of aryl methyl sites for hydroxylation is 1. The minimum absolute atomic E-state index is 0.0239. The number of hydrogen-bond acceptors (Lipinski definition) is 5. The van der Waals surface area contributed by atoms with Crippen LogP contribution in [0.4, 0.5) is 0 Å². The van der Waals surface area contributed by atoms with Gasteiger partial charge in [0.15, 0.2) is 5.76 Å². The second-order valence-corrected chi connectivity index (χ2v) is 7.49. The number of para-hydroxylation sites is 2. The third-order valence-electron chi connectivity index (χ3n) is 4.64. The Hall–Kier alpha value is -2.86. The Morgan fingerprint density at radius 3 is 2.88 bits per heavy atom. The molecule has 0 spiro atoms. The Morgan fingerprint density at radius 2 is 2.08 bits per heavy atom. The molecule has 26 heavy (non-hydrogen) atoms. The van der Waals surface area contributed by atoms with Crippen molar-refractivity contribution in [1.82, 2.24) is 9.88 Å². The first-order chi connectivity index (χ1) is 12.7. The maximum atomic E-state index is 12.5. The standard InChI is InChI=1S/C20H16N2O3S/c1-12-5-4-8-17-18(12)21-20(26-17)24-14-10-22(11-14)19(23)16-9-13-6-2-3-7-15(13)25-16/h2-9,14H,10-11H2,1H3. The predicted octanol–water partition coefficient (Wildman–Crippen LogP) is 4.25. The zero-order chi connectivity index (χ0) is 17.7. The number of thiazole rings is 1. The van der Waals surface area contributed by atoms with E-state index in [9.17, 15) is 4.79 Å². The molecule has 0 radical (unpaired) electrons. The SMILES string of the molecule is Cc1cccc2sc(OC3CN(C(=O)c4cc5ccccc5o4)C3)nc12. The van der Waals surface area contributed by atoms with Crippen molar-refractivity contribution in [2.24, 2.45) is 0 Å². The third-order valence-corrected chi connectivity index (χ3v) is 5.55. The second kappa shape index (κ2) is 5.85. The van der Waals surface area contributed by atoms with E-state index in [0.717, 1.165) is 26.7 Å². The Bertz CT molecular complexity index is 1090. The lowest BCUT2D eigenvalue weighted by Gasteiger charge is -2.37. The lowest BCUT2D eigenvalue weighted by atomic mass is 10.1. The summed E-state index contributed by atoms with van der Waals surface area (Å²) in [4.78, 5) is 18.8. The number of amides is 1. The lowest BCUT2D eigenvalue weighted by molar-refractivity contribution is 0.0157. The number of furan rings is 1. The molecule has 5 nitrogen and oxygen atoms in total. The van der Waals surface area contributed by atoms with Crippen molar-refractivity contribution >= 4 is 38.4 Å². The van der Waals surface area contributed by atoms with E-state index in [-0.39, 0.29) is 12.0 Å². The van der Waals surface area contributed by atoms with E-state index in [1.807, 2.05) is 49.4 Å². The highest BCUT2D eigenvalue weighted by atomic mass is 32.1. The zero-order valence-electron chi connectivity index (χ0n) is 14.1. The molecular formula is C20H16N2O3S. The van der Waals surface area contributed by atoms with Gasteiger partial charge in [-0.15, -0.1) is 0 Å². The number of fused-ring (bicyclic) bond motifs is 2. The number of ether oxygens (including phenoxy) is 1. The van der Waals surface area contributed by atoms with Crippen molar-refractivity contribution in [1.29, 1.82) is 0 Å². The maximum Gasteiger partial charge on any atom is 0.289 e. The molecule has 1 fully saturated rings. The molecule has 0 atom stereocenters. The Labute approximate surface area is 153 Å². The number of nitrogens with zero attached hydrogens (tertiary/aromatic N) is 2. The fraction of sp³-hybridized carbons (Fsp3) is 0.200. The van der Waals surface area contributed by atoms with Crippen LogP contribution in [0.3, 0.4) is 0 Å². The van der Waals surface area contributed by atoms with Crippen molar-refractivity contribution in [3.63, 3.8) is 0 Å². The van der Waals surface area contributed by atoms with Crippen molar-refractivity contribution in [2.45, 2.75) is 13.0 Å². The topological polar surface area (TPSA) is 55.6 Å². The van der Waals surface area contributed by atoms with E-state index in [0.29, 0.717) is 24.0 Å². The highest BCUT2D eigenvalue weighted by molar-refractivity contribution is 7.20. The van der Waals surface area contributed by atoms with Crippen LogP contribution in [0.5, 0.6) is 5.19 Å². The van der Waals surface area contributed by atoms with Gasteiger partial charge in [0.25, 0.3) is 11.1 Å². The molecule has 1 saturated heterocycles. The van der Waals surface area contributed by atoms with Crippen molar-refractivity contribution in [2.75, 3.05) is 13.1 Å². The summed E-state index contributed by atoms with van der Waals surface area (Å²) in [6.45, 7) is 3.14. The first-order valence-electron chi connectivity index (χ1n) is 8.48. The summed E-state index contributed by atoms with van der Waals surface area (Å²) in [7, 11) is 0. The van der Waals surface area contributed by atoms with E-state index >= 15 is 0 Å². The molecule has 0 saturated carbocycles. The molecule has 0 N–H and O–H groups in total. The van der Waals surface area contributed by atoms with E-state index in [2.05, 4.69) is 4.98 Å². The predicted molar refractivity (Wildman–Crippen MR) is 101 cm³/mol. The number of hydrogen-bond donors (Lipinski definition) is 0. The molecule has 2 aromatic heterocycles. The third kappa shape index (κ3) is 2.54. The first kappa shape index (κ1) is 15.4. The maximum absolute atomic E-state index is 12.5. The largest absolute Gasteiger partial charge is 0.463 e. The molecule has 0 bridgehead atoms. The van der Waals surface area contributed by atoms with Crippen LogP contribution in [-0.2, 0) is 0 Å². The number of rotatable bonds is 3. The van der Waals surface area contributed by atoms with Gasteiger partial charge in [-0.1, -0.05) is 41.7 Å². The summed E-state index contributed by atoms with van der Waals surface area (Å²) >= 11 is 1.54. The summed E-state index contributed by atoms with van der Waals surface area (Å²) in [5.41, 5.74) is 2.86. The first-order valence-corrected chi connectivity index (χ1v) is 9.30. The summed E-state index contributed by atoms with van der Waals surface area (Å²) < 4.78 is 12.7. The fourth-order valence-electron chi connectivity index (χ4n) is 3.18. The molecule has 5 rings (SSSR count). The average Bonchev–Trinajstić information content (AvgIpc) is 3.21. The molecule has 1 amide bonds. The number of carbonyl (C=O) groups is 1. The lowest BCUT2D eigenvalue weighted by Crippen LogP contribution is -2.56. The summed E-state index contributed by atoms with van der Waals surface area (Å²) in [6.07, 6.45) is -0.0239. The van der Waals surface area contributed by atoms with Crippen LogP contribution in [0, 0.1) is 6.92 Å². The van der Waals surface area contributed by atoms with Crippen LogP contribution in [-0.4, -0.2) is 35.0 Å². The van der Waals surface area contributed by atoms with Gasteiger partial charge < -0.3 is 14.1 Å². The molecule has 0 unspecified atom stereocenters. The molecule has 3 heterocycles. The van der Waals surface area contributed by atoms with Crippen LogP contribution in [0.15, 0.2) is 52.9 Å². The van der Waals surface area contributed by atoms with Crippen molar-refractivity contribution in [3.8, 4) is 5.19 Å². The highest BCUT2D eigenvalue weighted by Gasteiger charge is 2.35. The fourth-order valence-corrected chi connectivity index (χ4v) is 4.14.